The maximum absolute atomic E-state index is 12.3. The number of benzene rings is 1. The second-order valence-electron chi connectivity index (χ2n) is 4.71. The average Bonchev–Trinajstić information content (AvgIpc) is 2.30. The van der Waals surface area contributed by atoms with Crippen molar-refractivity contribution in [3.8, 4) is 0 Å². The Labute approximate surface area is 97.3 Å². The van der Waals surface area contributed by atoms with Crippen LogP contribution in [0.25, 0.3) is 0 Å². The van der Waals surface area contributed by atoms with E-state index in [2.05, 4.69) is 13.8 Å². The zero-order chi connectivity index (χ0) is 11.5. The van der Waals surface area contributed by atoms with Crippen molar-refractivity contribution in [1.82, 2.24) is 4.90 Å². The third-order valence-electron chi connectivity index (χ3n) is 3.45. The number of carbonyl (C=O) groups excluding carboxylic acids is 1. The molecule has 0 radical (unpaired) electrons. The fraction of sp³-hybridized carbons (Fsp3) is 0.500. The Hall–Kier alpha value is -1.31. The fourth-order valence-electron chi connectivity index (χ4n) is 2.55. The van der Waals surface area contributed by atoms with E-state index in [0.717, 1.165) is 18.4 Å². The zero-order valence-electron chi connectivity index (χ0n) is 10.0. The summed E-state index contributed by atoms with van der Waals surface area (Å²) in [5.41, 5.74) is 0.808. The van der Waals surface area contributed by atoms with Gasteiger partial charge in [-0.15, -0.1) is 0 Å². The maximum atomic E-state index is 12.3. The lowest BCUT2D eigenvalue weighted by molar-refractivity contribution is 0.0511. The zero-order valence-corrected chi connectivity index (χ0v) is 10.0. The lowest BCUT2D eigenvalue weighted by Crippen LogP contribution is -2.47. The lowest BCUT2D eigenvalue weighted by atomic mass is 9.96. The molecule has 86 valence electrons. The molecule has 1 aliphatic rings. The summed E-state index contributed by atoms with van der Waals surface area (Å²) in [6.45, 7) is 4.30. The first-order valence-corrected chi connectivity index (χ1v) is 6.08. The molecule has 0 aromatic heterocycles. The highest BCUT2D eigenvalue weighted by Gasteiger charge is 2.29. The van der Waals surface area contributed by atoms with Crippen molar-refractivity contribution in [2.45, 2.75) is 45.2 Å². The number of rotatable bonds is 1. The van der Waals surface area contributed by atoms with Crippen LogP contribution < -0.4 is 0 Å². The summed E-state index contributed by atoms with van der Waals surface area (Å²) in [5, 5.41) is 0. The van der Waals surface area contributed by atoms with Crippen LogP contribution in [0.1, 0.15) is 43.5 Å². The van der Waals surface area contributed by atoms with E-state index >= 15 is 0 Å². The molecule has 2 unspecified atom stereocenters. The monoisotopic (exact) mass is 217 g/mol. The lowest BCUT2D eigenvalue weighted by Gasteiger charge is -2.39. The molecule has 2 atom stereocenters. The number of hydrogen-bond acceptors (Lipinski definition) is 1. The Morgan fingerprint density at radius 2 is 1.69 bits per heavy atom. The summed E-state index contributed by atoms with van der Waals surface area (Å²) in [6, 6.07) is 10.3. The molecule has 2 heteroatoms. The Balaban J connectivity index is 2.20. The first kappa shape index (κ1) is 11.2. The summed E-state index contributed by atoms with van der Waals surface area (Å²) in [6.07, 6.45) is 3.49. The minimum atomic E-state index is 0.181. The molecule has 1 fully saturated rings. The van der Waals surface area contributed by atoms with Crippen LogP contribution in [0.4, 0.5) is 0 Å². The van der Waals surface area contributed by atoms with Crippen LogP contribution in [0.5, 0.6) is 0 Å². The van der Waals surface area contributed by atoms with Crippen LogP contribution in [0.15, 0.2) is 30.3 Å². The van der Waals surface area contributed by atoms with Gasteiger partial charge in [-0.3, -0.25) is 4.79 Å². The highest BCUT2D eigenvalue weighted by Crippen LogP contribution is 2.24. The number of nitrogens with zero attached hydrogens (tertiary/aromatic N) is 1. The quantitative estimate of drug-likeness (QED) is 0.708. The van der Waals surface area contributed by atoms with Crippen molar-refractivity contribution in [3.05, 3.63) is 35.9 Å². The highest BCUT2D eigenvalue weighted by atomic mass is 16.2. The summed E-state index contributed by atoms with van der Waals surface area (Å²) in [4.78, 5) is 14.4. The van der Waals surface area contributed by atoms with E-state index in [1.54, 1.807) is 0 Å². The predicted octanol–water partition coefficient (Wildman–Crippen LogP) is 3.09. The topological polar surface area (TPSA) is 20.3 Å². The highest BCUT2D eigenvalue weighted by molar-refractivity contribution is 5.94. The van der Waals surface area contributed by atoms with Crippen LogP contribution in [0, 0.1) is 0 Å². The van der Waals surface area contributed by atoms with Gasteiger partial charge < -0.3 is 4.90 Å². The van der Waals surface area contributed by atoms with E-state index < -0.39 is 0 Å². The second kappa shape index (κ2) is 4.69. The molecule has 0 aliphatic carbocycles. The van der Waals surface area contributed by atoms with Crippen LogP contribution in [0.2, 0.25) is 0 Å². The number of carbonyl (C=O) groups is 1. The molecule has 1 aromatic carbocycles. The van der Waals surface area contributed by atoms with Gasteiger partial charge in [0.25, 0.3) is 5.91 Å². The number of hydrogen-bond donors (Lipinski definition) is 0. The van der Waals surface area contributed by atoms with Crippen molar-refractivity contribution in [3.63, 3.8) is 0 Å². The number of likely N-dealkylation sites (tertiary alicyclic amines) is 1. The predicted molar refractivity (Wildman–Crippen MR) is 65.4 cm³/mol. The first-order chi connectivity index (χ1) is 7.70. The van der Waals surface area contributed by atoms with Gasteiger partial charge in [-0.05, 0) is 45.2 Å². The molecule has 0 bridgehead atoms. The van der Waals surface area contributed by atoms with Gasteiger partial charge >= 0.3 is 0 Å². The molecule has 1 saturated heterocycles. The molecule has 16 heavy (non-hydrogen) atoms. The minimum Gasteiger partial charge on any atom is -0.333 e. The van der Waals surface area contributed by atoms with Gasteiger partial charge in [0.05, 0.1) is 0 Å². The van der Waals surface area contributed by atoms with Crippen LogP contribution >= 0.6 is 0 Å². The van der Waals surface area contributed by atoms with Crippen molar-refractivity contribution in [2.24, 2.45) is 0 Å². The Bertz CT molecular complexity index is 350. The number of piperidine rings is 1. The molecule has 1 aliphatic heterocycles. The van der Waals surface area contributed by atoms with Gasteiger partial charge in [-0.2, -0.15) is 0 Å². The van der Waals surface area contributed by atoms with Gasteiger partial charge in [0.1, 0.15) is 0 Å². The summed E-state index contributed by atoms with van der Waals surface area (Å²) >= 11 is 0. The van der Waals surface area contributed by atoms with E-state index in [1.165, 1.54) is 6.42 Å². The standard InChI is InChI=1S/C14H19NO/c1-11-7-6-8-12(2)15(11)14(16)13-9-4-3-5-10-13/h3-5,9-12H,6-8H2,1-2H3. The average molecular weight is 217 g/mol. The van der Waals surface area contributed by atoms with E-state index in [9.17, 15) is 4.79 Å². The third kappa shape index (κ3) is 2.11. The fourth-order valence-corrected chi connectivity index (χ4v) is 2.55. The Morgan fingerprint density at radius 3 is 2.25 bits per heavy atom. The number of amides is 1. The van der Waals surface area contributed by atoms with E-state index in [4.69, 9.17) is 0 Å². The van der Waals surface area contributed by atoms with Crippen LogP contribution in [-0.4, -0.2) is 22.9 Å². The summed E-state index contributed by atoms with van der Waals surface area (Å²) in [7, 11) is 0. The van der Waals surface area contributed by atoms with Gasteiger partial charge in [0, 0.05) is 17.6 Å². The molecule has 2 rings (SSSR count). The van der Waals surface area contributed by atoms with Gasteiger partial charge in [-0.25, -0.2) is 0 Å². The SMILES string of the molecule is CC1CCCC(C)N1C(=O)c1ccccc1. The minimum absolute atomic E-state index is 0.181. The van der Waals surface area contributed by atoms with E-state index in [0.29, 0.717) is 12.1 Å². The van der Waals surface area contributed by atoms with Gasteiger partial charge in [0.15, 0.2) is 0 Å². The summed E-state index contributed by atoms with van der Waals surface area (Å²) < 4.78 is 0. The molecular weight excluding hydrogens is 198 g/mol. The molecule has 0 spiro atoms. The van der Waals surface area contributed by atoms with Crippen molar-refractivity contribution >= 4 is 5.91 Å². The molecule has 0 saturated carbocycles. The van der Waals surface area contributed by atoms with Crippen molar-refractivity contribution in [1.29, 1.82) is 0 Å². The molecular formula is C14H19NO. The Kier molecular flexibility index (Phi) is 3.28. The van der Waals surface area contributed by atoms with E-state index in [-0.39, 0.29) is 5.91 Å². The van der Waals surface area contributed by atoms with Gasteiger partial charge in [0.2, 0.25) is 0 Å². The molecule has 1 amide bonds. The van der Waals surface area contributed by atoms with Crippen molar-refractivity contribution < 1.29 is 4.79 Å². The first-order valence-electron chi connectivity index (χ1n) is 6.08. The van der Waals surface area contributed by atoms with E-state index in [1.807, 2.05) is 35.2 Å². The maximum Gasteiger partial charge on any atom is 0.254 e. The van der Waals surface area contributed by atoms with Crippen LogP contribution in [-0.2, 0) is 0 Å². The smallest absolute Gasteiger partial charge is 0.254 e. The second-order valence-corrected chi connectivity index (χ2v) is 4.71. The molecule has 1 aromatic rings. The van der Waals surface area contributed by atoms with Crippen molar-refractivity contribution in [2.75, 3.05) is 0 Å². The molecule has 0 N–H and O–H groups in total. The Morgan fingerprint density at radius 1 is 1.12 bits per heavy atom. The normalized spacial score (nSPS) is 25.5. The third-order valence-corrected chi connectivity index (χ3v) is 3.45. The molecule has 2 nitrogen and oxygen atoms in total. The summed E-state index contributed by atoms with van der Waals surface area (Å²) in [5.74, 6) is 0.181. The van der Waals surface area contributed by atoms with Crippen LogP contribution in [0.3, 0.4) is 0 Å². The molecule has 1 heterocycles. The van der Waals surface area contributed by atoms with Gasteiger partial charge in [-0.1, -0.05) is 18.2 Å². The largest absolute Gasteiger partial charge is 0.333 e.